The smallest absolute Gasteiger partial charge is 0.315 e. The fourth-order valence-electron chi connectivity index (χ4n) is 6.11. The minimum atomic E-state index is -1.70. The minimum absolute atomic E-state index is 0.0843. The second-order valence-corrected chi connectivity index (χ2v) is 10.6. The van der Waals surface area contributed by atoms with E-state index in [1.54, 1.807) is 30.9 Å². The SMILES string of the molecule is CCOC(=O)[C@@H]1[C@H]2C(=O)N(C(C)(C)C)[C@H](c3ccccc3)[C@]23N=C(c2ccc([N+](=O)[O-])cc2)[C@]1(OCC)O3. The minimum Gasteiger partial charge on any atom is -0.466 e. The molecule has 3 aliphatic rings. The van der Waals surface area contributed by atoms with E-state index in [4.69, 9.17) is 19.2 Å². The molecule has 0 saturated carbocycles. The number of hydrogen-bond acceptors (Lipinski definition) is 8. The van der Waals surface area contributed by atoms with Crippen LogP contribution in [0.15, 0.2) is 59.6 Å². The molecule has 200 valence electrons. The largest absolute Gasteiger partial charge is 0.466 e. The predicted octanol–water partition coefficient (Wildman–Crippen LogP) is 4.03. The lowest BCUT2D eigenvalue weighted by molar-refractivity contribution is -0.384. The van der Waals surface area contributed by atoms with Crippen molar-refractivity contribution in [2.45, 2.75) is 57.7 Å². The molecular formula is C28H31N3O7. The molecule has 0 radical (unpaired) electrons. The van der Waals surface area contributed by atoms with Gasteiger partial charge < -0.3 is 19.1 Å². The number of rotatable bonds is 7. The van der Waals surface area contributed by atoms with Crippen molar-refractivity contribution in [2.75, 3.05) is 13.2 Å². The first-order chi connectivity index (χ1) is 18.0. The number of carbonyl (C=O) groups is 2. The van der Waals surface area contributed by atoms with Crippen molar-refractivity contribution >= 4 is 23.3 Å². The van der Waals surface area contributed by atoms with Crippen molar-refractivity contribution in [3.05, 3.63) is 75.8 Å². The van der Waals surface area contributed by atoms with Crippen LogP contribution in [0.3, 0.4) is 0 Å². The van der Waals surface area contributed by atoms with Gasteiger partial charge in [0.25, 0.3) is 5.69 Å². The Kier molecular flexibility index (Phi) is 6.15. The van der Waals surface area contributed by atoms with Crippen LogP contribution in [0.4, 0.5) is 5.69 Å². The summed E-state index contributed by atoms with van der Waals surface area (Å²) < 4.78 is 18.5. The summed E-state index contributed by atoms with van der Waals surface area (Å²) in [5, 5.41) is 11.3. The summed E-state index contributed by atoms with van der Waals surface area (Å²) >= 11 is 0. The number of aliphatic imine (C=N–C) groups is 1. The van der Waals surface area contributed by atoms with Crippen LogP contribution in [0.5, 0.6) is 0 Å². The van der Waals surface area contributed by atoms with Crippen LogP contribution in [-0.4, -0.2) is 57.7 Å². The lowest BCUT2D eigenvalue weighted by Crippen LogP contribution is -2.54. The molecule has 1 amide bonds. The molecule has 3 aliphatic heterocycles. The molecule has 2 aromatic carbocycles. The number of carbonyl (C=O) groups excluding carboxylic acids is 2. The Morgan fingerprint density at radius 3 is 2.32 bits per heavy atom. The Bertz CT molecular complexity index is 1300. The molecule has 0 N–H and O–H groups in total. The molecule has 2 fully saturated rings. The zero-order valence-corrected chi connectivity index (χ0v) is 22.0. The summed E-state index contributed by atoms with van der Waals surface area (Å²) in [5.74, 6) is -4.69. The van der Waals surface area contributed by atoms with E-state index in [9.17, 15) is 19.7 Å². The van der Waals surface area contributed by atoms with E-state index in [-0.39, 0.29) is 24.8 Å². The second kappa shape index (κ2) is 8.99. The number of nitro benzene ring substituents is 1. The van der Waals surface area contributed by atoms with Crippen molar-refractivity contribution in [1.82, 2.24) is 4.90 Å². The molecule has 2 bridgehead atoms. The Morgan fingerprint density at radius 2 is 1.76 bits per heavy atom. The predicted molar refractivity (Wildman–Crippen MR) is 137 cm³/mol. The molecule has 5 atom stereocenters. The first kappa shape index (κ1) is 26.0. The van der Waals surface area contributed by atoms with E-state index in [1.807, 2.05) is 51.1 Å². The van der Waals surface area contributed by atoms with Gasteiger partial charge >= 0.3 is 5.97 Å². The standard InChI is InChI=1S/C28H31N3O7/c1-6-36-25(33)21-20-24(32)30(26(3,4)5)23(18-11-9-8-10-12-18)27(20)29-22(28(21,38-27)37-7-2)17-13-15-19(16-14-17)31(34)35/h8-16,20-21,23H,6-7H2,1-5H3/t20-,21-,23+,27-,28+/m0/s1. The molecule has 0 aliphatic carbocycles. The van der Waals surface area contributed by atoms with E-state index in [0.717, 1.165) is 5.56 Å². The molecule has 3 heterocycles. The van der Waals surface area contributed by atoms with Crippen molar-refractivity contribution < 1.29 is 28.7 Å². The fourth-order valence-corrected chi connectivity index (χ4v) is 6.11. The van der Waals surface area contributed by atoms with E-state index in [0.29, 0.717) is 11.3 Å². The number of ether oxygens (including phenoxy) is 3. The molecule has 2 aromatic rings. The molecule has 10 nitrogen and oxygen atoms in total. The van der Waals surface area contributed by atoms with Crippen molar-refractivity contribution in [3.63, 3.8) is 0 Å². The van der Waals surface area contributed by atoms with Gasteiger partial charge in [0, 0.05) is 29.8 Å². The summed E-state index contributed by atoms with van der Waals surface area (Å²) in [5.41, 5.74) is -0.565. The maximum atomic E-state index is 14.3. The van der Waals surface area contributed by atoms with Crippen LogP contribution in [0.2, 0.25) is 0 Å². The molecular weight excluding hydrogens is 490 g/mol. The Balaban J connectivity index is 1.79. The normalized spacial score (nSPS) is 29.8. The monoisotopic (exact) mass is 521 g/mol. The number of non-ortho nitro benzene ring substituents is 1. The molecule has 2 saturated heterocycles. The summed E-state index contributed by atoms with van der Waals surface area (Å²) in [4.78, 5) is 45.5. The third-order valence-electron chi connectivity index (χ3n) is 7.36. The van der Waals surface area contributed by atoms with Gasteiger partial charge in [0.1, 0.15) is 23.6 Å². The molecule has 1 spiro atoms. The Morgan fingerprint density at radius 1 is 1.11 bits per heavy atom. The average Bonchev–Trinajstić information content (AvgIpc) is 3.45. The first-order valence-electron chi connectivity index (χ1n) is 12.8. The average molecular weight is 522 g/mol. The van der Waals surface area contributed by atoms with Gasteiger partial charge in [-0.3, -0.25) is 19.7 Å². The van der Waals surface area contributed by atoms with Gasteiger partial charge in [-0.1, -0.05) is 30.3 Å². The van der Waals surface area contributed by atoms with Crippen LogP contribution < -0.4 is 0 Å². The maximum absolute atomic E-state index is 14.3. The van der Waals surface area contributed by atoms with Gasteiger partial charge in [-0.2, -0.15) is 0 Å². The molecule has 5 rings (SSSR count). The number of nitro groups is 1. The highest BCUT2D eigenvalue weighted by Gasteiger charge is 2.82. The first-order valence-corrected chi connectivity index (χ1v) is 12.8. The third-order valence-corrected chi connectivity index (χ3v) is 7.36. The maximum Gasteiger partial charge on any atom is 0.315 e. The van der Waals surface area contributed by atoms with Crippen LogP contribution in [0.25, 0.3) is 0 Å². The summed E-state index contributed by atoms with van der Waals surface area (Å²) in [6, 6.07) is 14.7. The quantitative estimate of drug-likeness (QED) is 0.306. The number of fused-ring (bicyclic) bond motifs is 1. The highest BCUT2D eigenvalue weighted by molar-refractivity contribution is 6.12. The number of likely N-dealkylation sites (tertiary alicyclic amines) is 1. The molecule has 10 heteroatoms. The van der Waals surface area contributed by atoms with E-state index >= 15 is 0 Å². The second-order valence-electron chi connectivity index (χ2n) is 10.6. The zero-order valence-electron chi connectivity index (χ0n) is 22.0. The van der Waals surface area contributed by atoms with Crippen LogP contribution >= 0.6 is 0 Å². The van der Waals surface area contributed by atoms with E-state index in [1.165, 1.54) is 12.1 Å². The summed E-state index contributed by atoms with van der Waals surface area (Å²) in [7, 11) is 0. The Hall–Kier alpha value is -3.63. The van der Waals surface area contributed by atoms with Crippen LogP contribution in [0, 0.1) is 22.0 Å². The fraction of sp³-hybridized carbons (Fsp3) is 0.464. The number of esters is 1. The van der Waals surface area contributed by atoms with Crippen molar-refractivity contribution in [1.29, 1.82) is 0 Å². The van der Waals surface area contributed by atoms with Gasteiger partial charge in [0.05, 0.1) is 11.5 Å². The Labute approximate surface area is 220 Å². The van der Waals surface area contributed by atoms with Crippen LogP contribution in [-0.2, 0) is 23.8 Å². The zero-order chi connectivity index (χ0) is 27.5. The highest BCUT2D eigenvalue weighted by Crippen LogP contribution is 2.66. The molecule has 0 unspecified atom stereocenters. The summed E-state index contributed by atoms with van der Waals surface area (Å²) in [6.45, 7) is 9.55. The topological polar surface area (TPSA) is 121 Å². The number of benzene rings is 2. The highest BCUT2D eigenvalue weighted by atomic mass is 16.7. The van der Waals surface area contributed by atoms with Crippen molar-refractivity contribution in [2.24, 2.45) is 16.8 Å². The lowest BCUT2D eigenvalue weighted by atomic mass is 9.75. The number of hydrogen-bond donors (Lipinski definition) is 0. The number of nitrogens with zero attached hydrogens (tertiary/aromatic N) is 3. The van der Waals surface area contributed by atoms with Gasteiger partial charge in [0.15, 0.2) is 5.72 Å². The third kappa shape index (κ3) is 3.58. The van der Waals surface area contributed by atoms with Gasteiger partial charge in [-0.25, -0.2) is 4.99 Å². The van der Waals surface area contributed by atoms with E-state index < -0.39 is 45.8 Å². The van der Waals surface area contributed by atoms with Crippen molar-refractivity contribution in [3.8, 4) is 0 Å². The van der Waals surface area contributed by atoms with Gasteiger partial charge in [-0.15, -0.1) is 0 Å². The van der Waals surface area contributed by atoms with Gasteiger partial charge in [-0.05, 0) is 52.3 Å². The summed E-state index contributed by atoms with van der Waals surface area (Å²) in [6.07, 6.45) is 0. The number of amides is 1. The molecule has 0 aromatic heterocycles. The van der Waals surface area contributed by atoms with Gasteiger partial charge in [0.2, 0.25) is 11.7 Å². The van der Waals surface area contributed by atoms with Crippen LogP contribution in [0.1, 0.15) is 51.8 Å². The lowest BCUT2D eigenvalue weighted by Gasteiger charge is -2.41. The molecule has 38 heavy (non-hydrogen) atoms. The van der Waals surface area contributed by atoms with E-state index in [2.05, 4.69) is 0 Å².